The highest BCUT2D eigenvalue weighted by molar-refractivity contribution is 8.00. The fourth-order valence-electron chi connectivity index (χ4n) is 2.11. The van der Waals surface area contributed by atoms with Gasteiger partial charge in [0.05, 0.1) is 0 Å². The molecule has 2 rings (SSSR count). The molecular weight excluding hydrogens is 273 g/mol. The van der Waals surface area contributed by atoms with Crippen molar-refractivity contribution in [2.75, 3.05) is 12.8 Å². The van der Waals surface area contributed by atoms with E-state index in [1.54, 1.807) is 6.07 Å². The van der Waals surface area contributed by atoms with E-state index in [1.807, 2.05) is 23.9 Å². The van der Waals surface area contributed by atoms with Crippen LogP contribution in [0.25, 0.3) is 0 Å². The molecule has 1 aromatic carbocycles. The van der Waals surface area contributed by atoms with E-state index in [0.717, 1.165) is 23.7 Å². The monoisotopic (exact) mass is 289 g/mol. The van der Waals surface area contributed by atoms with Crippen molar-refractivity contribution >= 4 is 35.0 Å². The molecule has 1 N–H and O–H groups in total. The van der Waals surface area contributed by atoms with Crippen molar-refractivity contribution in [1.82, 2.24) is 5.32 Å². The Balaban J connectivity index is 1.85. The van der Waals surface area contributed by atoms with Gasteiger partial charge >= 0.3 is 0 Å². The smallest absolute Gasteiger partial charge is 0.0465 e. The topological polar surface area (TPSA) is 12.0 Å². The van der Waals surface area contributed by atoms with Gasteiger partial charge in [0, 0.05) is 27.9 Å². The third kappa shape index (κ3) is 3.31. The molecule has 4 heteroatoms. The summed E-state index contributed by atoms with van der Waals surface area (Å²) in [5.74, 6) is 0. The van der Waals surface area contributed by atoms with Crippen LogP contribution < -0.4 is 5.32 Å². The van der Waals surface area contributed by atoms with Crippen LogP contribution in [0.15, 0.2) is 18.2 Å². The van der Waals surface area contributed by atoms with Crippen LogP contribution in [-0.2, 0) is 6.54 Å². The first-order valence-electron chi connectivity index (χ1n) is 5.85. The van der Waals surface area contributed by atoms with E-state index in [1.165, 1.54) is 19.3 Å². The van der Waals surface area contributed by atoms with E-state index in [9.17, 15) is 0 Å². The lowest BCUT2D eigenvalue weighted by molar-refractivity contribution is 0.345. The Morgan fingerprint density at radius 1 is 1.35 bits per heavy atom. The molecule has 1 aliphatic carbocycles. The van der Waals surface area contributed by atoms with Gasteiger partial charge in [-0.3, -0.25) is 0 Å². The van der Waals surface area contributed by atoms with Gasteiger partial charge < -0.3 is 5.32 Å². The van der Waals surface area contributed by atoms with Gasteiger partial charge in [-0.15, -0.1) is 0 Å². The van der Waals surface area contributed by atoms with E-state index in [-0.39, 0.29) is 0 Å². The van der Waals surface area contributed by atoms with E-state index in [4.69, 9.17) is 23.2 Å². The average molecular weight is 290 g/mol. The predicted octanol–water partition coefficient (Wildman–Crippen LogP) is 4.37. The van der Waals surface area contributed by atoms with Crippen LogP contribution in [0.3, 0.4) is 0 Å². The van der Waals surface area contributed by atoms with Crippen LogP contribution in [0.2, 0.25) is 10.0 Å². The molecule has 0 bridgehead atoms. The van der Waals surface area contributed by atoms with Gasteiger partial charge in [-0.05, 0) is 36.8 Å². The fourth-order valence-corrected chi connectivity index (χ4v) is 3.53. The Hall–Kier alpha value is 0.110. The Morgan fingerprint density at radius 2 is 2.12 bits per heavy atom. The highest BCUT2D eigenvalue weighted by Crippen LogP contribution is 2.42. The molecule has 0 amide bonds. The summed E-state index contributed by atoms with van der Waals surface area (Å²) < 4.78 is 0.471. The van der Waals surface area contributed by atoms with Crippen molar-refractivity contribution in [3.8, 4) is 0 Å². The summed E-state index contributed by atoms with van der Waals surface area (Å²) in [5, 5.41) is 4.95. The molecule has 0 spiro atoms. The van der Waals surface area contributed by atoms with Crippen molar-refractivity contribution in [1.29, 1.82) is 0 Å². The van der Waals surface area contributed by atoms with Gasteiger partial charge in [0.2, 0.25) is 0 Å². The van der Waals surface area contributed by atoms with Crippen LogP contribution in [0.4, 0.5) is 0 Å². The summed E-state index contributed by atoms with van der Waals surface area (Å²) in [6, 6.07) is 5.68. The molecule has 0 aromatic heterocycles. The summed E-state index contributed by atoms with van der Waals surface area (Å²) in [7, 11) is 0. The number of nitrogens with one attached hydrogen (secondary N) is 1. The van der Waals surface area contributed by atoms with E-state index < -0.39 is 0 Å². The molecule has 1 nitrogen and oxygen atoms in total. The number of rotatable bonds is 5. The first-order valence-corrected chi connectivity index (χ1v) is 7.83. The van der Waals surface area contributed by atoms with Gasteiger partial charge in [0.1, 0.15) is 0 Å². The average Bonchev–Trinajstić information content (AvgIpc) is 2.25. The number of thioether (sulfide) groups is 1. The second-order valence-electron chi connectivity index (χ2n) is 4.58. The maximum atomic E-state index is 6.13. The molecule has 1 aliphatic rings. The molecule has 1 aromatic rings. The normalized spacial score (nSPS) is 17.8. The molecule has 0 heterocycles. The molecular formula is C13H17Cl2NS. The third-order valence-electron chi connectivity index (χ3n) is 3.48. The molecule has 1 saturated carbocycles. The van der Waals surface area contributed by atoms with Crippen molar-refractivity contribution in [2.24, 2.45) is 0 Å². The third-order valence-corrected chi connectivity index (χ3v) is 5.48. The minimum Gasteiger partial charge on any atom is -0.311 e. The molecule has 0 saturated heterocycles. The lowest BCUT2D eigenvalue weighted by Gasteiger charge is -2.40. The highest BCUT2D eigenvalue weighted by atomic mass is 35.5. The molecule has 0 unspecified atom stereocenters. The summed E-state index contributed by atoms with van der Waals surface area (Å²) in [6.45, 7) is 1.88. The Bertz CT molecular complexity index is 385. The fraction of sp³-hybridized carbons (Fsp3) is 0.538. The maximum absolute atomic E-state index is 6.13. The van der Waals surface area contributed by atoms with Gasteiger partial charge in [0.25, 0.3) is 0 Å². The van der Waals surface area contributed by atoms with Crippen LogP contribution in [0.5, 0.6) is 0 Å². The Kier molecular flexibility index (Phi) is 4.65. The number of halogens is 2. The van der Waals surface area contributed by atoms with Crippen LogP contribution in [0.1, 0.15) is 24.8 Å². The largest absolute Gasteiger partial charge is 0.311 e. The van der Waals surface area contributed by atoms with Crippen molar-refractivity contribution in [3.63, 3.8) is 0 Å². The van der Waals surface area contributed by atoms with Crippen molar-refractivity contribution < 1.29 is 0 Å². The zero-order chi connectivity index (χ0) is 12.3. The van der Waals surface area contributed by atoms with Crippen LogP contribution in [0, 0.1) is 0 Å². The van der Waals surface area contributed by atoms with Crippen molar-refractivity contribution in [2.45, 2.75) is 30.6 Å². The Labute approximate surface area is 117 Å². The van der Waals surface area contributed by atoms with Crippen LogP contribution in [-0.4, -0.2) is 17.5 Å². The first kappa shape index (κ1) is 13.5. The first-order chi connectivity index (χ1) is 8.15. The van der Waals surface area contributed by atoms with Crippen LogP contribution >= 0.6 is 35.0 Å². The number of benzene rings is 1. The van der Waals surface area contributed by atoms with Gasteiger partial charge in [-0.2, -0.15) is 11.8 Å². The molecule has 17 heavy (non-hydrogen) atoms. The lowest BCUT2D eigenvalue weighted by Crippen LogP contribution is -2.43. The zero-order valence-corrected chi connectivity index (χ0v) is 12.3. The van der Waals surface area contributed by atoms with Gasteiger partial charge in [-0.1, -0.05) is 35.7 Å². The summed E-state index contributed by atoms with van der Waals surface area (Å²) >= 11 is 14.0. The molecule has 0 aliphatic heterocycles. The summed E-state index contributed by atoms with van der Waals surface area (Å²) in [5.41, 5.74) is 1.12. The summed E-state index contributed by atoms with van der Waals surface area (Å²) in [6.07, 6.45) is 6.23. The number of hydrogen-bond donors (Lipinski definition) is 1. The predicted molar refractivity (Wildman–Crippen MR) is 78.3 cm³/mol. The molecule has 94 valence electrons. The lowest BCUT2D eigenvalue weighted by atomic mass is 9.84. The quantitative estimate of drug-likeness (QED) is 0.864. The van der Waals surface area contributed by atoms with E-state index in [0.29, 0.717) is 9.77 Å². The van der Waals surface area contributed by atoms with E-state index in [2.05, 4.69) is 11.6 Å². The Morgan fingerprint density at radius 3 is 2.65 bits per heavy atom. The second kappa shape index (κ2) is 5.83. The molecule has 0 radical (unpaired) electrons. The van der Waals surface area contributed by atoms with Gasteiger partial charge in [-0.25, -0.2) is 0 Å². The van der Waals surface area contributed by atoms with E-state index >= 15 is 0 Å². The highest BCUT2D eigenvalue weighted by Gasteiger charge is 2.35. The maximum Gasteiger partial charge on any atom is 0.0465 e. The second-order valence-corrected chi connectivity index (χ2v) is 6.70. The standard InChI is InChI=1S/C13H17Cl2NS/c1-17-13(5-2-6-13)9-16-8-10-3-4-11(14)7-12(10)15/h3-4,7,16H,2,5-6,8-9H2,1H3. The van der Waals surface area contributed by atoms with Gasteiger partial charge in [0.15, 0.2) is 0 Å². The summed E-state index contributed by atoms with van der Waals surface area (Å²) in [4.78, 5) is 0. The SMILES string of the molecule is CSC1(CNCc2ccc(Cl)cc2Cl)CCC1. The zero-order valence-electron chi connectivity index (χ0n) is 9.93. The van der Waals surface area contributed by atoms with Crippen molar-refractivity contribution in [3.05, 3.63) is 33.8 Å². The molecule has 1 fully saturated rings. The minimum absolute atomic E-state index is 0.471. The minimum atomic E-state index is 0.471. The number of hydrogen-bond acceptors (Lipinski definition) is 2. The molecule has 0 atom stereocenters.